The van der Waals surface area contributed by atoms with E-state index in [2.05, 4.69) is 10.3 Å². The van der Waals surface area contributed by atoms with Crippen molar-refractivity contribution in [3.63, 3.8) is 0 Å². The van der Waals surface area contributed by atoms with E-state index in [4.69, 9.17) is 14.7 Å². The molecule has 4 aromatic rings. The molecule has 0 spiro atoms. The van der Waals surface area contributed by atoms with Gasteiger partial charge in [-0.05, 0) is 25.1 Å². The van der Waals surface area contributed by atoms with Crippen LogP contribution in [0.2, 0.25) is 0 Å². The lowest BCUT2D eigenvalue weighted by Gasteiger charge is -2.15. The van der Waals surface area contributed by atoms with Crippen molar-refractivity contribution in [2.45, 2.75) is 20.4 Å². The molecular formula is C20H18N4O2. The molecular weight excluding hydrogens is 328 g/mol. The van der Waals surface area contributed by atoms with E-state index in [0.29, 0.717) is 6.54 Å². The van der Waals surface area contributed by atoms with Crippen molar-refractivity contribution in [1.29, 1.82) is 0 Å². The average molecular weight is 346 g/mol. The first-order valence-corrected chi connectivity index (χ1v) is 8.35. The highest BCUT2D eigenvalue weighted by atomic mass is 16.5. The first-order valence-electron chi connectivity index (χ1n) is 8.35. The van der Waals surface area contributed by atoms with Crippen LogP contribution in [0, 0.1) is 6.92 Å². The second kappa shape index (κ2) is 6.22. The van der Waals surface area contributed by atoms with Crippen molar-refractivity contribution in [1.82, 2.24) is 20.3 Å². The average Bonchev–Trinajstić information content (AvgIpc) is 2.65. The minimum Gasteiger partial charge on any atom is -0.496 e. The van der Waals surface area contributed by atoms with E-state index in [0.717, 1.165) is 49.8 Å². The van der Waals surface area contributed by atoms with Gasteiger partial charge in [-0.25, -0.2) is 9.97 Å². The van der Waals surface area contributed by atoms with Gasteiger partial charge in [-0.2, -0.15) is 0 Å². The number of methoxy groups -OCH3 is 1. The molecule has 2 aromatic heterocycles. The highest BCUT2D eigenvalue weighted by Gasteiger charge is 2.18. The molecule has 6 heteroatoms. The molecule has 26 heavy (non-hydrogen) atoms. The second-order valence-corrected chi connectivity index (χ2v) is 6.16. The number of aromatic nitrogens is 3. The zero-order chi connectivity index (χ0) is 18.3. The summed E-state index contributed by atoms with van der Waals surface area (Å²) in [5.41, 5.74) is 4.88. The third kappa shape index (κ3) is 2.50. The third-order valence-corrected chi connectivity index (χ3v) is 4.49. The molecule has 1 amide bonds. The van der Waals surface area contributed by atoms with Crippen molar-refractivity contribution >= 4 is 38.7 Å². The number of amides is 1. The van der Waals surface area contributed by atoms with Gasteiger partial charge in [-0.1, -0.05) is 12.1 Å². The highest BCUT2D eigenvalue weighted by Crippen LogP contribution is 2.37. The molecule has 0 aliphatic carbocycles. The van der Waals surface area contributed by atoms with E-state index in [1.54, 1.807) is 13.3 Å². The van der Waals surface area contributed by atoms with E-state index in [1.165, 1.54) is 6.92 Å². The monoisotopic (exact) mass is 346 g/mol. The number of pyridine rings is 1. The topological polar surface area (TPSA) is 77.0 Å². The molecule has 2 heterocycles. The number of nitrogens with one attached hydrogen (secondary N) is 1. The van der Waals surface area contributed by atoms with Crippen molar-refractivity contribution in [2.75, 3.05) is 7.11 Å². The van der Waals surface area contributed by atoms with Crippen molar-refractivity contribution in [3.8, 4) is 5.75 Å². The van der Waals surface area contributed by atoms with Gasteiger partial charge in [0.1, 0.15) is 5.75 Å². The SMILES string of the molecule is COc1c(C)c2nc3ccccc3nc2c2c(CNC(C)=O)nccc12. The molecule has 6 nitrogen and oxygen atoms in total. The van der Waals surface area contributed by atoms with Crippen molar-refractivity contribution < 1.29 is 9.53 Å². The van der Waals surface area contributed by atoms with E-state index in [1.807, 2.05) is 37.3 Å². The lowest BCUT2D eigenvalue weighted by atomic mass is 10.0. The number of benzene rings is 2. The lowest BCUT2D eigenvalue weighted by Crippen LogP contribution is -2.20. The third-order valence-electron chi connectivity index (χ3n) is 4.49. The normalized spacial score (nSPS) is 11.2. The Morgan fingerprint density at radius 1 is 1.12 bits per heavy atom. The Morgan fingerprint density at radius 2 is 1.81 bits per heavy atom. The Labute approximate surface area is 150 Å². The van der Waals surface area contributed by atoms with E-state index in [-0.39, 0.29) is 5.91 Å². The molecule has 0 aliphatic heterocycles. The molecule has 4 rings (SSSR count). The maximum atomic E-state index is 11.4. The predicted octanol–water partition coefficient (Wildman–Crippen LogP) is 3.28. The van der Waals surface area contributed by atoms with E-state index in [9.17, 15) is 4.79 Å². The zero-order valence-electron chi connectivity index (χ0n) is 14.8. The Kier molecular flexibility index (Phi) is 3.88. The minimum atomic E-state index is -0.108. The van der Waals surface area contributed by atoms with Gasteiger partial charge in [0.15, 0.2) is 0 Å². The molecule has 0 fully saturated rings. The number of carbonyl (C=O) groups excluding carboxylic acids is 1. The smallest absolute Gasteiger partial charge is 0.217 e. The lowest BCUT2D eigenvalue weighted by molar-refractivity contribution is -0.119. The Hall–Kier alpha value is -3.28. The molecule has 0 bridgehead atoms. The summed E-state index contributed by atoms with van der Waals surface area (Å²) in [5, 5.41) is 4.59. The highest BCUT2D eigenvalue weighted by molar-refractivity contribution is 6.11. The molecule has 2 aromatic carbocycles. The van der Waals surface area contributed by atoms with Gasteiger partial charge < -0.3 is 10.1 Å². The van der Waals surface area contributed by atoms with Crippen LogP contribution in [0.15, 0.2) is 36.5 Å². The van der Waals surface area contributed by atoms with Gasteiger partial charge in [0.2, 0.25) is 5.91 Å². The molecule has 0 unspecified atom stereocenters. The number of carbonyl (C=O) groups is 1. The molecule has 0 radical (unpaired) electrons. The zero-order valence-corrected chi connectivity index (χ0v) is 14.8. The van der Waals surface area contributed by atoms with Gasteiger partial charge in [0.05, 0.1) is 41.4 Å². The van der Waals surface area contributed by atoms with Crippen LogP contribution in [0.4, 0.5) is 0 Å². The van der Waals surface area contributed by atoms with Crippen LogP contribution in [-0.4, -0.2) is 28.0 Å². The maximum Gasteiger partial charge on any atom is 0.217 e. The van der Waals surface area contributed by atoms with Crippen LogP contribution < -0.4 is 10.1 Å². The number of aryl methyl sites for hydroxylation is 1. The summed E-state index contributed by atoms with van der Waals surface area (Å²) in [4.78, 5) is 25.5. The fourth-order valence-electron chi connectivity index (χ4n) is 3.31. The number of hydrogen-bond donors (Lipinski definition) is 1. The first-order chi connectivity index (χ1) is 12.6. The molecule has 0 atom stereocenters. The fraction of sp³-hybridized carbons (Fsp3) is 0.200. The minimum absolute atomic E-state index is 0.108. The Balaban J connectivity index is 2.16. The van der Waals surface area contributed by atoms with Crippen LogP contribution in [-0.2, 0) is 11.3 Å². The maximum absolute atomic E-state index is 11.4. The predicted molar refractivity (Wildman–Crippen MR) is 101 cm³/mol. The summed E-state index contributed by atoms with van der Waals surface area (Å²) in [5.74, 6) is 0.646. The van der Waals surface area contributed by atoms with Crippen molar-refractivity contribution in [3.05, 3.63) is 47.8 Å². The van der Waals surface area contributed by atoms with Crippen LogP contribution in [0.1, 0.15) is 18.2 Å². The molecule has 130 valence electrons. The number of ether oxygens (including phenoxy) is 1. The number of para-hydroxylation sites is 2. The molecule has 0 aliphatic rings. The number of fused-ring (bicyclic) bond motifs is 4. The van der Waals surface area contributed by atoms with Gasteiger partial charge in [-0.15, -0.1) is 0 Å². The van der Waals surface area contributed by atoms with Gasteiger partial charge in [0, 0.05) is 29.5 Å². The van der Waals surface area contributed by atoms with Gasteiger partial charge in [-0.3, -0.25) is 9.78 Å². The summed E-state index contributed by atoms with van der Waals surface area (Å²) < 4.78 is 5.68. The number of hydrogen-bond acceptors (Lipinski definition) is 5. The number of nitrogens with zero attached hydrogens (tertiary/aromatic N) is 3. The van der Waals surface area contributed by atoms with Crippen LogP contribution in [0.5, 0.6) is 5.75 Å². The summed E-state index contributed by atoms with van der Waals surface area (Å²) in [6.45, 7) is 3.79. The van der Waals surface area contributed by atoms with Crippen LogP contribution >= 0.6 is 0 Å². The molecule has 1 N–H and O–H groups in total. The van der Waals surface area contributed by atoms with Crippen LogP contribution in [0.25, 0.3) is 32.8 Å². The van der Waals surface area contributed by atoms with Gasteiger partial charge >= 0.3 is 0 Å². The number of rotatable bonds is 3. The van der Waals surface area contributed by atoms with E-state index >= 15 is 0 Å². The quantitative estimate of drug-likeness (QED) is 0.455. The summed E-state index contributed by atoms with van der Waals surface area (Å²) in [7, 11) is 1.65. The summed E-state index contributed by atoms with van der Waals surface area (Å²) >= 11 is 0. The first kappa shape index (κ1) is 16.2. The largest absolute Gasteiger partial charge is 0.496 e. The summed E-state index contributed by atoms with van der Waals surface area (Å²) in [6, 6.07) is 9.68. The Morgan fingerprint density at radius 3 is 2.46 bits per heavy atom. The van der Waals surface area contributed by atoms with Crippen LogP contribution in [0.3, 0.4) is 0 Å². The van der Waals surface area contributed by atoms with Gasteiger partial charge in [0.25, 0.3) is 0 Å². The fourth-order valence-corrected chi connectivity index (χ4v) is 3.31. The summed E-state index contributed by atoms with van der Waals surface area (Å²) in [6.07, 6.45) is 1.72. The Bertz CT molecular complexity index is 1170. The van der Waals surface area contributed by atoms with Crippen molar-refractivity contribution in [2.24, 2.45) is 0 Å². The second-order valence-electron chi connectivity index (χ2n) is 6.16. The molecule has 0 saturated heterocycles. The van der Waals surface area contributed by atoms with E-state index < -0.39 is 0 Å². The standard InChI is InChI=1S/C20H18N4O2/c1-11-18-19(24-15-7-5-4-6-14(15)23-18)17-13(20(11)26-3)8-9-21-16(17)10-22-12(2)25/h4-9H,10H2,1-3H3,(H,22,25). The molecule has 0 saturated carbocycles.